The highest BCUT2D eigenvalue weighted by atomic mass is 79.9. The summed E-state index contributed by atoms with van der Waals surface area (Å²) in [7, 11) is 2.07. The molecule has 0 fully saturated rings. The van der Waals surface area contributed by atoms with Crippen LogP contribution in [0.15, 0.2) is 28.7 Å². The fraction of sp³-hybridized carbons (Fsp3) is 0.571. The highest BCUT2D eigenvalue weighted by Crippen LogP contribution is 2.19. The van der Waals surface area contributed by atoms with Crippen LogP contribution < -0.4 is 5.32 Å². The van der Waals surface area contributed by atoms with Gasteiger partial charge in [0.25, 0.3) is 0 Å². The van der Waals surface area contributed by atoms with Gasteiger partial charge >= 0.3 is 0 Å². The average Bonchev–Trinajstić information content (AvgIpc) is 2.29. The third-order valence-electron chi connectivity index (χ3n) is 3.33. The fourth-order valence-electron chi connectivity index (χ4n) is 2.28. The van der Waals surface area contributed by atoms with Crippen molar-refractivity contribution in [2.24, 2.45) is 5.92 Å². The molecule has 0 spiro atoms. The molecule has 0 aliphatic rings. The lowest BCUT2D eigenvalue weighted by atomic mass is 9.89. The van der Waals surface area contributed by atoms with Gasteiger partial charge in [-0.15, -0.1) is 0 Å². The molecule has 0 saturated carbocycles. The minimum absolute atomic E-state index is 0.587. The van der Waals surface area contributed by atoms with Crippen LogP contribution in [0.3, 0.4) is 0 Å². The second-order valence-electron chi connectivity index (χ2n) is 4.31. The first kappa shape index (κ1) is 13.7. The van der Waals surface area contributed by atoms with Gasteiger partial charge in [0.2, 0.25) is 0 Å². The zero-order chi connectivity index (χ0) is 12.0. The summed E-state index contributed by atoms with van der Waals surface area (Å²) in [5.41, 5.74) is 1.40. The van der Waals surface area contributed by atoms with Crippen molar-refractivity contribution in [3.8, 4) is 0 Å². The van der Waals surface area contributed by atoms with Crippen LogP contribution >= 0.6 is 15.9 Å². The molecular weight excluding hydrogens is 262 g/mol. The van der Waals surface area contributed by atoms with E-state index in [0.717, 1.165) is 12.3 Å². The predicted molar refractivity (Wildman–Crippen MR) is 74.8 cm³/mol. The van der Waals surface area contributed by atoms with E-state index in [-0.39, 0.29) is 0 Å². The number of nitrogens with one attached hydrogen (secondary N) is 1. The van der Waals surface area contributed by atoms with Gasteiger partial charge in [-0.1, -0.05) is 54.8 Å². The van der Waals surface area contributed by atoms with E-state index in [9.17, 15) is 0 Å². The molecule has 0 aliphatic heterocycles. The molecule has 0 saturated heterocycles. The highest BCUT2D eigenvalue weighted by Gasteiger charge is 2.16. The largest absolute Gasteiger partial charge is 0.316 e. The van der Waals surface area contributed by atoms with Crippen LogP contribution in [0.2, 0.25) is 0 Å². The molecule has 1 rings (SSSR count). The number of likely N-dealkylation sites (N-methyl/N-ethyl adjacent to an activating group) is 1. The Bertz CT molecular complexity index is 307. The molecule has 0 bridgehead atoms. The summed E-state index contributed by atoms with van der Waals surface area (Å²) in [6.45, 7) is 4.55. The van der Waals surface area contributed by atoms with Crippen molar-refractivity contribution < 1.29 is 0 Å². The van der Waals surface area contributed by atoms with Gasteiger partial charge in [0.05, 0.1) is 0 Å². The second kappa shape index (κ2) is 7.08. The molecule has 0 heterocycles. The third-order valence-corrected chi connectivity index (χ3v) is 3.83. The second-order valence-corrected chi connectivity index (χ2v) is 5.22. The quantitative estimate of drug-likeness (QED) is 0.832. The van der Waals surface area contributed by atoms with Gasteiger partial charge in [-0.25, -0.2) is 0 Å². The maximum atomic E-state index is 3.52. The van der Waals surface area contributed by atoms with Crippen molar-refractivity contribution in [1.29, 1.82) is 0 Å². The summed E-state index contributed by atoms with van der Waals surface area (Å²) >= 11 is 3.52. The normalized spacial score (nSPS) is 13.1. The standard InChI is InChI=1S/C14H22BrN/c1-4-12(5-2)14(16-3)10-11-7-6-8-13(15)9-11/h6-9,12,14,16H,4-5,10H2,1-3H3. The Labute approximate surface area is 108 Å². The van der Waals surface area contributed by atoms with Crippen molar-refractivity contribution in [1.82, 2.24) is 5.32 Å². The van der Waals surface area contributed by atoms with Crippen LogP contribution in [0.1, 0.15) is 32.3 Å². The lowest BCUT2D eigenvalue weighted by molar-refractivity contribution is 0.349. The van der Waals surface area contributed by atoms with E-state index >= 15 is 0 Å². The molecule has 1 aromatic rings. The Hall–Kier alpha value is -0.340. The van der Waals surface area contributed by atoms with E-state index in [2.05, 4.69) is 66.4 Å². The van der Waals surface area contributed by atoms with Crippen molar-refractivity contribution in [2.45, 2.75) is 39.2 Å². The molecule has 16 heavy (non-hydrogen) atoms. The molecule has 1 nitrogen and oxygen atoms in total. The van der Waals surface area contributed by atoms with Crippen LogP contribution in [-0.4, -0.2) is 13.1 Å². The Balaban J connectivity index is 2.69. The molecule has 1 atom stereocenters. The van der Waals surface area contributed by atoms with E-state index in [1.807, 2.05) is 0 Å². The van der Waals surface area contributed by atoms with Crippen LogP contribution in [0, 0.1) is 5.92 Å². The molecule has 1 aromatic carbocycles. The molecule has 90 valence electrons. The maximum Gasteiger partial charge on any atom is 0.0178 e. The van der Waals surface area contributed by atoms with Gasteiger partial charge < -0.3 is 5.32 Å². The predicted octanol–water partition coefficient (Wildman–Crippen LogP) is 4.02. The van der Waals surface area contributed by atoms with Gasteiger partial charge in [-0.05, 0) is 37.1 Å². The number of benzene rings is 1. The van der Waals surface area contributed by atoms with Gasteiger partial charge in [0, 0.05) is 10.5 Å². The van der Waals surface area contributed by atoms with E-state index in [1.165, 1.54) is 22.9 Å². The lowest BCUT2D eigenvalue weighted by Crippen LogP contribution is -2.35. The Morgan fingerprint density at radius 3 is 2.44 bits per heavy atom. The molecule has 1 unspecified atom stereocenters. The van der Waals surface area contributed by atoms with Gasteiger partial charge in [-0.3, -0.25) is 0 Å². The number of hydrogen-bond acceptors (Lipinski definition) is 1. The van der Waals surface area contributed by atoms with Gasteiger partial charge in [-0.2, -0.15) is 0 Å². The summed E-state index contributed by atoms with van der Waals surface area (Å²) in [4.78, 5) is 0. The van der Waals surface area contributed by atoms with Gasteiger partial charge in [0.1, 0.15) is 0 Å². The van der Waals surface area contributed by atoms with Crippen molar-refractivity contribution >= 4 is 15.9 Å². The first-order valence-electron chi connectivity index (χ1n) is 6.12. The zero-order valence-electron chi connectivity index (χ0n) is 10.5. The van der Waals surface area contributed by atoms with Gasteiger partial charge in [0.15, 0.2) is 0 Å². The van der Waals surface area contributed by atoms with Crippen LogP contribution in [0.4, 0.5) is 0 Å². The molecule has 0 aliphatic carbocycles. The lowest BCUT2D eigenvalue weighted by Gasteiger charge is -2.25. The minimum Gasteiger partial charge on any atom is -0.316 e. The van der Waals surface area contributed by atoms with E-state index in [4.69, 9.17) is 0 Å². The fourth-order valence-corrected chi connectivity index (χ4v) is 2.73. The summed E-state index contributed by atoms with van der Waals surface area (Å²) < 4.78 is 1.17. The average molecular weight is 284 g/mol. The Morgan fingerprint density at radius 2 is 1.94 bits per heavy atom. The summed E-state index contributed by atoms with van der Waals surface area (Å²) in [5, 5.41) is 3.46. The first-order chi connectivity index (χ1) is 7.71. The van der Waals surface area contributed by atoms with E-state index in [0.29, 0.717) is 6.04 Å². The monoisotopic (exact) mass is 283 g/mol. The minimum atomic E-state index is 0.587. The Morgan fingerprint density at radius 1 is 1.25 bits per heavy atom. The van der Waals surface area contributed by atoms with Crippen LogP contribution in [-0.2, 0) is 6.42 Å². The Kier molecular flexibility index (Phi) is 6.07. The highest BCUT2D eigenvalue weighted by molar-refractivity contribution is 9.10. The number of hydrogen-bond donors (Lipinski definition) is 1. The van der Waals surface area contributed by atoms with Crippen molar-refractivity contribution in [2.75, 3.05) is 7.05 Å². The molecule has 0 aromatic heterocycles. The van der Waals surface area contributed by atoms with E-state index < -0.39 is 0 Å². The molecule has 0 amide bonds. The topological polar surface area (TPSA) is 12.0 Å². The molecular formula is C14H22BrN. The first-order valence-corrected chi connectivity index (χ1v) is 6.92. The number of rotatable bonds is 6. The van der Waals surface area contributed by atoms with E-state index in [1.54, 1.807) is 0 Å². The summed E-state index contributed by atoms with van der Waals surface area (Å²) in [6, 6.07) is 9.20. The SMILES string of the molecule is CCC(CC)C(Cc1cccc(Br)c1)NC. The van der Waals surface area contributed by atoms with Crippen molar-refractivity contribution in [3.05, 3.63) is 34.3 Å². The molecule has 1 N–H and O–H groups in total. The van der Waals surface area contributed by atoms with Crippen LogP contribution in [0.5, 0.6) is 0 Å². The smallest absolute Gasteiger partial charge is 0.0178 e. The van der Waals surface area contributed by atoms with Crippen molar-refractivity contribution in [3.63, 3.8) is 0 Å². The summed E-state index contributed by atoms with van der Waals surface area (Å²) in [6.07, 6.45) is 3.61. The molecule has 0 radical (unpaired) electrons. The molecule has 2 heteroatoms. The third kappa shape index (κ3) is 3.91. The summed E-state index contributed by atoms with van der Waals surface area (Å²) in [5.74, 6) is 0.768. The maximum absolute atomic E-state index is 3.52. The van der Waals surface area contributed by atoms with Crippen LogP contribution in [0.25, 0.3) is 0 Å². The zero-order valence-corrected chi connectivity index (χ0v) is 12.0. The number of halogens is 1.